The summed E-state index contributed by atoms with van der Waals surface area (Å²) in [5.74, 6) is 1.82. The number of allylic oxidation sites excluding steroid dienone is 2. The minimum absolute atomic E-state index is 0.0302. The van der Waals surface area contributed by atoms with Crippen LogP contribution >= 0.6 is 0 Å². The van der Waals surface area contributed by atoms with Crippen molar-refractivity contribution in [1.82, 2.24) is 0 Å². The van der Waals surface area contributed by atoms with Crippen molar-refractivity contribution in [3.63, 3.8) is 0 Å². The van der Waals surface area contributed by atoms with Gasteiger partial charge in [-0.15, -0.1) is 0 Å². The molecule has 5 rings (SSSR count). The number of hydrogen-bond donors (Lipinski definition) is 2. The summed E-state index contributed by atoms with van der Waals surface area (Å²) in [6, 6.07) is 0. The van der Waals surface area contributed by atoms with E-state index in [1.165, 1.54) is 18.4 Å². The van der Waals surface area contributed by atoms with Crippen LogP contribution in [0.1, 0.15) is 106 Å². The van der Waals surface area contributed by atoms with Crippen molar-refractivity contribution in [2.45, 2.75) is 112 Å². The van der Waals surface area contributed by atoms with Crippen LogP contribution in [0.4, 0.5) is 0 Å². The van der Waals surface area contributed by atoms with Crippen LogP contribution in [0, 0.1) is 56.7 Å². The van der Waals surface area contributed by atoms with E-state index in [-0.39, 0.29) is 33.7 Å². The topological polar surface area (TPSA) is 57.5 Å². The maximum absolute atomic E-state index is 12.8. The zero-order valence-corrected chi connectivity index (χ0v) is 22.2. The fourth-order valence-electron chi connectivity index (χ4n) is 10.8. The molecule has 0 bridgehead atoms. The molecular formula is C30H48O3. The first-order valence-corrected chi connectivity index (χ1v) is 13.9. The third kappa shape index (κ3) is 2.75. The summed E-state index contributed by atoms with van der Waals surface area (Å²) in [6.45, 7) is 17.0. The quantitative estimate of drug-likeness (QED) is 0.414. The highest BCUT2D eigenvalue weighted by molar-refractivity contribution is 5.76. The van der Waals surface area contributed by atoms with Gasteiger partial charge in [-0.25, -0.2) is 0 Å². The average Bonchev–Trinajstić information content (AvgIpc) is 2.74. The number of carbonyl (C=O) groups is 1. The predicted molar refractivity (Wildman–Crippen MR) is 133 cm³/mol. The molecule has 4 saturated carbocycles. The van der Waals surface area contributed by atoms with E-state index in [4.69, 9.17) is 0 Å². The summed E-state index contributed by atoms with van der Waals surface area (Å²) in [7, 11) is 0. The molecular weight excluding hydrogens is 408 g/mol. The Balaban J connectivity index is 1.61. The van der Waals surface area contributed by atoms with Gasteiger partial charge in [0.2, 0.25) is 0 Å². The molecule has 0 radical (unpaired) electrons. The third-order valence-corrected chi connectivity index (χ3v) is 13.4. The van der Waals surface area contributed by atoms with Crippen molar-refractivity contribution in [3.8, 4) is 0 Å². The first kappa shape index (κ1) is 23.9. The number of aliphatic hydroxyl groups is 1. The second-order valence-corrected chi connectivity index (χ2v) is 14.5. The highest BCUT2D eigenvalue weighted by Gasteiger charge is 2.69. The molecule has 0 heterocycles. The van der Waals surface area contributed by atoms with Crippen molar-refractivity contribution in [2.75, 3.05) is 0 Å². The van der Waals surface area contributed by atoms with Gasteiger partial charge < -0.3 is 10.2 Å². The van der Waals surface area contributed by atoms with Gasteiger partial charge in [-0.2, -0.15) is 0 Å². The smallest absolute Gasteiger partial charge is 0.310 e. The van der Waals surface area contributed by atoms with Crippen molar-refractivity contribution < 1.29 is 15.0 Å². The summed E-state index contributed by atoms with van der Waals surface area (Å²) in [5.41, 5.74) is 1.46. The molecule has 2 unspecified atom stereocenters. The minimum Gasteiger partial charge on any atom is -0.481 e. The fourth-order valence-corrected chi connectivity index (χ4v) is 10.8. The van der Waals surface area contributed by atoms with Crippen LogP contribution in [0.25, 0.3) is 0 Å². The lowest BCUT2D eigenvalue weighted by molar-refractivity contribution is -0.206. The maximum atomic E-state index is 12.8. The molecule has 5 aliphatic rings. The van der Waals surface area contributed by atoms with Gasteiger partial charge in [-0.05, 0) is 109 Å². The lowest BCUT2D eigenvalue weighted by atomic mass is 9.33. The standard InChI is InChI=1S/C30H48O3/c1-18-10-15-30(25(32)33)17-16-28(6)20(24(30)19(18)2)8-9-22-27(5)13-12-23(31)26(3,4)21(27)11-14-29(22,28)7/h8,18-19,21-24,31H,9-17H2,1-7H3,(H,32,33)/t18-,19+,21?,22?,23+,24+,27+,28-,29-,30+/m1/s1. The number of rotatable bonds is 1. The van der Waals surface area contributed by atoms with E-state index in [9.17, 15) is 15.0 Å². The van der Waals surface area contributed by atoms with Crippen LogP contribution < -0.4 is 0 Å². The van der Waals surface area contributed by atoms with E-state index in [2.05, 4.69) is 54.5 Å². The summed E-state index contributed by atoms with van der Waals surface area (Å²) in [5, 5.41) is 21.4. The first-order valence-electron chi connectivity index (χ1n) is 13.9. The molecule has 4 fully saturated rings. The highest BCUT2D eigenvalue weighted by atomic mass is 16.4. The Kier molecular flexibility index (Phi) is 5.15. The molecule has 186 valence electrons. The molecule has 3 heteroatoms. The maximum Gasteiger partial charge on any atom is 0.310 e. The van der Waals surface area contributed by atoms with Gasteiger partial charge in [0.05, 0.1) is 11.5 Å². The number of fused-ring (bicyclic) bond motifs is 7. The van der Waals surface area contributed by atoms with Crippen LogP contribution in [0.3, 0.4) is 0 Å². The van der Waals surface area contributed by atoms with Gasteiger partial charge in [0, 0.05) is 0 Å². The molecule has 0 aliphatic heterocycles. The van der Waals surface area contributed by atoms with Gasteiger partial charge in [0.25, 0.3) is 0 Å². The number of aliphatic hydroxyl groups excluding tert-OH is 1. The Hall–Kier alpha value is -0.830. The van der Waals surface area contributed by atoms with Gasteiger partial charge in [0.1, 0.15) is 0 Å². The van der Waals surface area contributed by atoms with Gasteiger partial charge in [0.15, 0.2) is 0 Å². The normalized spacial score (nSPS) is 55.3. The van der Waals surface area contributed by atoms with E-state index < -0.39 is 11.4 Å². The molecule has 0 aromatic rings. The van der Waals surface area contributed by atoms with Gasteiger partial charge in [-0.3, -0.25) is 4.79 Å². The van der Waals surface area contributed by atoms with E-state index in [1.807, 2.05) is 0 Å². The van der Waals surface area contributed by atoms with E-state index >= 15 is 0 Å². The van der Waals surface area contributed by atoms with Crippen molar-refractivity contribution in [1.29, 1.82) is 0 Å². The summed E-state index contributed by atoms with van der Waals surface area (Å²) >= 11 is 0. The Labute approximate surface area is 201 Å². The summed E-state index contributed by atoms with van der Waals surface area (Å²) < 4.78 is 0. The van der Waals surface area contributed by atoms with Gasteiger partial charge in [-0.1, -0.05) is 60.1 Å². The lowest BCUT2D eigenvalue weighted by Gasteiger charge is -2.71. The van der Waals surface area contributed by atoms with Crippen LogP contribution in [0.2, 0.25) is 0 Å². The van der Waals surface area contributed by atoms with Gasteiger partial charge >= 0.3 is 5.97 Å². The molecule has 0 spiro atoms. The molecule has 0 amide bonds. The molecule has 10 atom stereocenters. The SMILES string of the molecule is C[C@H]1[C@H](C)CC[C@]2(C(=O)O)CC[C@]3(C)C(=CCC4[C@@]5(C)CC[C@H](O)C(C)(C)C5CC[C@]43C)[C@H]12. The second kappa shape index (κ2) is 7.11. The van der Waals surface area contributed by atoms with E-state index in [0.29, 0.717) is 23.7 Å². The van der Waals surface area contributed by atoms with Crippen LogP contribution in [0.5, 0.6) is 0 Å². The van der Waals surface area contributed by atoms with Crippen LogP contribution in [-0.2, 0) is 4.79 Å². The number of carboxylic acids is 1. The highest BCUT2D eigenvalue weighted by Crippen LogP contribution is 2.75. The molecule has 2 N–H and O–H groups in total. The third-order valence-electron chi connectivity index (χ3n) is 13.4. The average molecular weight is 457 g/mol. The zero-order chi connectivity index (χ0) is 24.2. The lowest BCUT2D eigenvalue weighted by Crippen LogP contribution is -2.65. The zero-order valence-electron chi connectivity index (χ0n) is 22.2. The largest absolute Gasteiger partial charge is 0.481 e. The van der Waals surface area contributed by atoms with Crippen molar-refractivity contribution >= 4 is 5.97 Å². The number of aliphatic carboxylic acids is 1. The Morgan fingerprint density at radius 2 is 1.61 bits per heavy atom. The summed E-state index contributed by atoms with van der Waals surface area (Å²) in [6.07, 6.45) is 11.6. The molecule has 0 aromatic carbocycles. The molecule has 33 heavy (non-hydrogen) atoms. The molecule has 0 aromatic heterocycles. The number of carboxylic acid groups (broad SMARTS) is 1. The Morgan fingerprint density at radius 3 is 2.27 bits per heavy atom. The molecule has 3 nitrogen and oxygen atoms in total. The molecule has 0 saturated heterocycles. The first-order chi connectivity index (χ1) is 15.3. The molecule has 5 aliphatic carbocycles. The van der Waals surface area contributed by atoms with Crippen molar-refractivity contribution in [2.24, 2.45) is 56.7 Å². The Bertz CT molecular complexity index is 874. The second-order valence-electron chi connectivity index (χ2n) is 14.5. The minimum atomic E-state index is -0.557. The van der Waals surface area contributed by atoms with Crippen molar-refractivity contribution in [3.05, 3.63) is 11.6 Å². The van der Waals surface area contributed by atoms with Crippen LogP contribution in [-0.4, -0.2) is 22.3 Å². The Morgan fingerprint density at radius 1 is 0.909 bits per heavy atom. The van der Waals surface area contributed by atoms with Crippen LogP contribution in [0.15, 0.2) is 11.6 Å². The fraction of sp³-hybridized carbons (Fsp3) is 0.900. The predicted octanol–water partition coefficient (Wildman–Crippen LogP) is 7.09. The monoisotopic (exact) mass is 456 g/mol. The summed E-state index contributed by atoms with van der Waals surface area (Å²) in [4.78, 5) is 12.8. The van der Waals surface area contributed by atoms with E-state index in [1.54, 1.807) is 0 Å². The van der Waals surface area contributed by atoms with E-state index in [0.717, 1.165) is 44.9 Å². The number of hydrogen-bond acceptors (Lipinski definition) is 2.